The van der Waals surface area contributed by atoms with Crippen molar-refractivity contribution in [1.29, 1.82) is 0 Å². The van der Waals surface area contributed by atoms with Crippen molar-refractivity contribution < 1.29 is 0 Å². The zero-order chi connectivity index (χ0) is 31.7. The molecule has 1 nitrogen and oxygen atoms in total. The highest BCUT2D eigenvalue weighted by molar-refractivity contribution is 6.03. The van der Waals surface area contributed by atoms with Crippen LogP contribution >= 0.6 is 0 Å². The second kappa shape index (κ2) is 14.3. The smallest absolute Gasteiger partial charge is 0.0534 e. The van der Waals surface area contributed by atoms with Crippen LogP contribution in [0, 0.1) is 0 Å². The van der Waals surface area contributed by atoms with Crippen molar-refractivity contribution in [3.63, 3.8) is 0 Å². The minimum atomic E-state index is 1.09. The van der Waals surface area contributed by atoms with Crippen molar-refractivity contribution >= 4 is 52.0 Å². The second-order valence-corrected chi connectivity index (χ2v) is 11.4. The van der Waals surface area contributed by atoms with Gasteiger partial charge in [-0.05, 0) is 57.0 Å². The van der Waals surface area contributed by atoms with E-state index in [1.807, 2.05) is 6.07 Å². The summed E-state index contributed by atoms with van der Waals surface area (Å²) in [7, 11) is 0. The highest BCUT2D eigenvalue weighted by Crippen LogP contribution is 2.37. The first-order valence-electron chi connectivity index (χ1n) is 16.0. The quantitative estimate of drug-likeness (QED) is 0.149. The van der Waals surface area contributed by atoms with Gasteiger partial charge in [-0.2, -0.15) is 0 Å². The van der Waals surface area contributed by atoms with Gasteiger partial charge < -0.3 is 4.90 Å². The fraction of sp³-hybridized carbons (Fsp3) is 0. The molecule has 7 rings (SSSR count). The second-order valence-electron chi connectivity index (χ2n) is 11.4. The van der Waals surface area contributed by atoms with Gasteiger partial charge in [0, 0.05) is 22.8 Å². The van der Waals surface area contributed by atoms with E-state index >= 15 is 0 Å². The third-order valence-corrected chi connectivity index (χ3v) is 8.32. The molecule has 7 aromatic carbocycles. The van der Waals surface area contributed by atoms with E-state index in [2.05, 4.69) is 211 Å². The molecule has 0 aromatic heterocycles. The average Bonchev–Trinajstić information content (AvgIpc) is 3.15. The fourth-order valence-electron chi connectivity index (χ4n) is 5.88. The number of rotatable bonds is 9. The largest absolute Gasteiger partial charge is 0.316 e. The number of nitrogens with zero attached hydrogens (tertiary/aromatic N) is 1. The molecule has 0 fully saturated rings. The van der Waals surface area contributed by atoms with Crippen LogP contribution in [0.25, 0.3) is 40.6 Å². The van der Waals surface area contributed by atoms with Gasteiger partial charge in [-0.1, -0.05) is 188 Å². The van der Waals surface area contributed by atoms with E-state index < -0.39 is 0 Å². The third-order valence-electron chi connectivity index (χ3n) is 8.32. The fourth-order valence-corrected chi connectivity index (χ4v) is 5.88. The van der Waals surface area contributed by atoms with Crippen molar-refractivity contribution in [2.24, 2.45) is 0 Å². The van der Waals surface area contributed by atoms with E-state index in [1.165, 1.54) is 27.5 Å². The SMILES string of the molecule is C(=C(c1ccccc1)c1ccccc1)N(c1ccc(/C=C/c2ccccc2)cc1)c1ccc(/C=C/c2ccccc2)c2ccccc12. The zero-order valence-electron chi connectivity index (χ0n) is 26.2. The van der Waals surface area contributed by atoms with Crippen molar-refractivity contribution in [2.45, 2.75) is 0 Å². The Labute approximate surface area is 277 Å². The van der Waals surface area contributed by atoms with Crippen molar-refractivity contribution in [3.8, 4) is 0 Å². The van der Waals surface area contributed by atoms with Crippen LogP contribution in [0.3, 0.4) is 0 Å². The summed E-state index contributed by atoms with van der Waals surface area (Å²) in [6.45, 7) is 0. The molecule has 0 saturated heterocycles. The summed E-state index contributed by atoms with van der Waals surface area (Å²) in [5.74, 6) is 0. The summed E-state index contributed by atoms with van der Waals surface area (Å²) in [5.41, 5.74) is 10.4. The van der Waals surface area contributed by atoms with Crippen LogP contribution in [0.2, 0.25) is 0 Å². The Morgan fingerprint density at radius 2 is 0.809 bits per heavy atom. The van der Waals surface area contributed by atoms with Gasteiger partial charge in [0.2, 0.25) is 0 Å². The van der Waals surface area contributed by atoms with Gasteiger partial charge >= 0.3 is 0 Å². The van der Waals surface area contributed by atoms with Gasteiger partial charge in [0.25, 0.3) is 0 Å². The lowest BCUT2D eigenvalue weighted by molar-refractivity contribution is 1.29. The van der Waals surface area contributed by atoms with Crippen molar-refractivity contribution in [2.75, 3.05) is 4.90 Å². The molecule has 47 heavy (non-hydrogen) atoms. The van der Waals surface area contributed by atoms with E-state index in [-0.39, 0.29) is 0 Å². The standard InChI is InChI=1S/C46H35N/c1-5-15-36(16-6-1)25-26-38-28-32-42(33-29-38)47(35-45(39-19-9-3-10-20-39)40-21-11-4-12-22-40)46-34-31-41(43-23-13-14-24-44(43)46)30-27-37-17-7-2-8-18-37/h1-35H/b26-25+,30-27+. The first kappa shape index (κ1) is 29.5. The zero-order valence-corrected chi connectivity index (χ0v) is 26.2. The molecule has 0 radical (unpaired) electrons. The van der Waals surface area contributed by atoms with Gasteiger partial charge in [-0.25, -0.2) is 0 Å². The summed E-state index contributed by atoms with van der Waals surface area (Å²) in [6, 6.07) is 64.2. The Hall–Kier alpha value is -6.18. The normalized spacial score (nSPS) is 11.2. The van der Waals surface area contributed by atoms with Crippen LogP contribution in [0.5, 0.6) is 0 Å². The predicted octanol–water partition coefficient (Wildman–Crippen LogP) is 12.4. The molecule has 224 valence electrons. The number of hydrogen-bond acceptors (Lipinski definition) is 1. The minimum absolute atomic E-state index is 1.09. The van der Waals surface area contributed by atoms with E-state index in [9.17, 15) is 0 Å². The highest BCUT2D eigenvalue weighted by Gasteiger charge is 2.15. The maximum absolute atomic E-state index is 2.34. The number of benzene rings is 7. The lowest BCUT2D eigenvalue weighted by atomic mass is 9.97. The Morgan fingerprint density at radius 3 is 1.36 bits per heavy atom. The van der Waals surface area contributed by atoms with Crippen molar-refractivity contribution in [1.82, 2.24) is 0 Å². The topological polar surface area (TPSA) is 3.24 Å². The molecule has 0 bridgehead atoms. The molecule has 0 amide bonds. The third kappa shape index (κ3) is 7.06. The molecule has 0 aliphatic heterocycles. The van der Waals surface area contributed by atoms with Gasteiger partial charge in [-0.15, -0.1) is 0 Å². The summed E-state index contributed by atoms with van der Waals surface area (Å²) in [5, 5.41) is 2.39. The molecule has 7 aromatic rings. The van der Waals surface area contributed by atoms with E-state index in [0.717, 1.165) is 33.6 Å². The summed E-state index contributed by atoms with van der Waals surface area (Å²) < 4.78 is 0. The molecular formula is C46H35N. The summed E-state index contributed by atoms with van der Waals surface area (Å²) in [6.07, 6.45) is 11.0. The molecule has 0 heterocycles. The maximum atomic E-state index is 2.34. The average molecular weight is 602 g/mol. The first-order chi connectivity index (χ1) is 23.3. The molecule has 0 unspecified atom stereocenters. The van der Waals surface area contributed by atoms with Crippen LogP contribution in [0.4, 0.5) is 11.4 Å². The van der Waals surface area contributed by atoms with E-state index in [1.54, 1.807) is 0 Å². The molecular weight excluding hydrogens is 567 g/mol. The molecule has 0 aliphatic rings. The van der Waals surface area contributed by atoms with Crippen LogP contribution in [0.1, 0.15) is 33.4 Å². The van der Waals surface area contributed by atoms with Gasteiger partial charge in [0.15, 0.2) is 0 Å². The molecule has 0 spiro atoms. The number of anilines is 2. The van der Waals surface area contributed by atoms with E-state index in [4.69, 9.17) is 0 Å². The van der Waals surface area contributed by atoms with Gasteiger partial charge in [-0.3, -0.25) is 0 Å². The monoisotopic (exact) mass is 601 g/mol. The molecule has 0 saturated carbocycles. The molecule has 1 heteroatoms. The Balaban J connectivity index is 1.37. The molecule has 0 aliphatic carbocycles. The van der Waals surface area contributed by atoms with Crippen molar-refractivity contribution in [3.05, 3.63) is 222 Å². The number of fused-ring (bicyclic) bond motifs is 1. The summed E-state index contributed by atoms with van der Waals surface area (Å²) >= 11 is 0. The lowest BCUT2D eigenvalue weighted by Crippen LogP contribution is -2.11. The molecule has 0 N–H and O–H groups in total. The van der Waals surface area contributed by atoms with Crippen LogP contribution < -0.4 is 4.90 Å². The van der Waals surface area contributed by atoms with Crippen LogP contribution in [0.15, 0.2) is 188 Å². The first-order valence-corrected chi connectivity index (χ1v) is 16.0. The molecule has 0 atom stereocenters. The van der Waals surface area contributed by atoms with Gasteiger partial charge in [0.1, 0.15) is 0 Å². The van der Waals surface area contributed by atoms with E-state index in [0.29, 0.717) is 0 Å². The Bertz CT molecular complexity index is 2100. The lowest BCUT2D eigenvalue weighted by Gasteiger charge is -2.25. The summed E-state index contributed by atoms with van der Waals surface area (Å²) in [4.78, 5) is 2.34. The number of hydrogen-bond donors (Lipinski definition) is 0. The minimum Gasteiger partial charge on any atom is -0.316 e. The Kier molecular flexibility index (Phi) is 8.97. The Morgan fingerprint density at radius 1 is 0.362 bits per heavy atom. The van der Waals surface area contributed by atoms with Crippen LogP contribution in [-0.4, -0.2) is 0 Å². The predicted molar refractivity (Wildman–Crippen MR) is 203 cm³/mol. The highest BCUT2D eigenvalue weighted by atomic mass is 15.1. The maximum Gasteiger partial charge on any atom is 0.0534 e. The van der Waals surface area contributed by atoms with Crippen LogP contribution in [-0.2, 0) is 0 Å². The van der Waals surface area contributed by atoms with Gasteiger partial charge in [0.05, 0.1) is 5.69 Å².